The molecule has 0 aromatic heterocycles. The van der Waals surface area contributed by atoms with Crippen LogP contribution < -0.4 is 9.47 Å². The van der Waals surface area contributed by atoms with E-state index in [1.54, 1.807) is 0 Å². The molecule has 0 fully saturated rings. The molecule has 2 rings (SSSR count). The van der Waals surface area contributed by atoms with Gasteiger partial charge in [0.15, 0.2) is 11.5 Å². The van der Waals surface area contributed by atoms with Crippen LogP contribution in [0.5, 0.6) is 11.5 Å². The van der Waals surface area contributed by atoms with Crippen molar-refractivity contribution in [2.24, 2.45) is 0 Å². The number of allylic oxidation sites excluding steroid dienone is 2. The highest BCUT2D eigenvalue weighted by molar-refractivity contribution is 5.87. The van der Waals surface area contributed by atoms with E-state index in [4.69, 9.17) is 9.47 Å². The molecule has 3 heteroatoms. The smallest absolute Gasteiger partial charge is 0.161 e. The van der Waals surface area contributed by atoms with Gasteiger partial charge in [0.2, 0.25) is 0 Å². The molecule has 0 N–H and O–H groups in total. The summed E-state index contributed by atoms with van der Waals surface area (Å²) in [7, 11) is 0. The third-order valence-electron chi connectivity index (χ3n) is 3.16. The van der Waals surface area contributed by atoms with Crippen LogP contribution in [0.3, 0.4) is 0 Å². The fourth-order valence-electron chi connectivity index (χ4n) is 2.23. The highest BCUT2D eigenvalue weighted by Gasteiger charge is 2.14. The molecule has 0 spiro atoms. The second kappa shape index (κ2) is 6.41. The third kappa shape index (κ3) is 3.37. The summed E-state index contributed by atoms with van der Waals surface area (Å²) in [5.74, 6) is 1.87. The summed E-state index contributed by atoms with van der Waals surface area (Å²) in [5.41, 5.74) is 2.35. The summed E-state index contributed by atoms with van der Waals surface area (Å²) >= 11 is 0. The lowest BCUT2D eigenvalue weighted by Crippen LogP contribution is -2.04. The average Bonchev–Trinajstić information content (AvgIpc) is 2.42. The summed E-state index contributed by atoms with van der Waals surface area (Å²) in [6, 6.07) is 5.99. The first-order valence-electron chi connectivity index (χ1n) is 6.85. The van der Waals surface area contributed by atoms with Crippen molar-refractivity contribution in [3.05, 3.63) is 29.8 Å². The lowest BCUT2D eigenvalue weighted by atomic mass is 9.93. The van der Waals surface area contributed by atoms with Crippen LogP contribution >= 0.6 is 0 Å². The maximum atomic E-state index is 11.3. The minimum absolute atomic E-state index is 0.319. The van der Waals surface area contributed by atoms with Crippen LogP contribution in [-0.2, 0) is 4.79 Å². The molecule has 0 radical (unpaired) electrons. The topological polar surface area (TPSA) is 35.5 Å². The lowest BCUT2D eigenvalue weighted by Gasteiger charge is -2.16. The van der Waals surface area contributed by atoms with Gasteiger partial charge in [0.1, 0.15) is 5.78 Å². The predicted octanol–water partition coefficient (Wildman–Crippen LogP) is 3.62. The van der Waals surface area contributed by atoms with Gasteiger partial charge in [-0.05, 0) is 43.5 Å². The Bertz CT molecular complexity index is 489. The van der Waals surface area contributed by atoms with Gasteiger partial charge in [-0.1, -0.05) is 12.1 Å². The van der Waals surface area contributed by atoms with Gasteiger partial charge in [0, 0.05) is 12.8 Å². The number of benzene rings is 1. The van der Waals surface area contributed by atoms with Gasteiger partial charge in [-0.3, -0.25) is 4.79 Å². The molecular formula is C16H20O3. The highest BCUT2D eigenvalue weighted by atomic mass is 16.5. The summed E-state index contributed by atoms with van der Waals surface area (Å²) in [6.45, 7) is 5.15. The largest absolute Gasteiger partial charge is 0.490 e. The summed E-state index contributed by atoms with van der Waals surface area (Å²) in [4.78, 5) is 11.3. The number of Topliss-reactive ketones (excluding diaryl/α,β-unsaturated/α-hetero) is 1. The molecule has 3 nitrogen and oxygen atoms in total. The first kappa shape index (κ1) is 13.7. The molecule has 1 aromatic carbocycles. The van der Waals surface area contributed by atoms with Crippen LogP contribution in [0.1, 0.15) is 38.7 Å². The van der Waals surface area contributed by atoms with Gasteiger partial charge < -0.3 is 9.47 Å². The normalized spacial score (nSPS) is 15.1. The number of ether oxygens (including phenoxy) is 2. The minimum atomic E-state index is 0.319. The SMILES string of the molecule is CCOc1ccc(C2=CCC(=O)CC2)cc1OCC. The molecule has 0 unspecified atom stereocenters. The van der Waals surface area contributed by atoms with Gasteiger partial charge in [0.05, 0.1) is 13.2 Å². The summed E-state index contributed by atoms with van der Waals surface area (Å²) in [6.07, 6.45) is 4.03. The molecule has 0 heterocycles. The van der Waals surface area contributed by atoms with Crippen LogP contribution in [0.25, 0.3) is 5.57 Å². The van der Waals surface area contributed by atoms with Crippen LogP contribution in [0, 0.1) is 0 Å². The zero-order valence-corrected chi connectivity index (χ0v) is 11.6. The van der Waals surface area contributed by atoms with Gasteiger partial charge in [-0.25, -0.2) is 0 Å². The van der Waals surface area contributed by atoms with E-state index in [1.165, 1.54) is 5.57 Å². The standard InChI is InChI=1S/C16H20O3/c1-3-18-15-10-7-13(11-16(15)19-4-2)12-5-8-14(17)9-6-12/h5,7,10-11H,3-4,6,8-9H2,1-2H3. The van der Waals surface area contributed by atoms with E-state index < -0.39 is 0 Å². The Hall–Kier alpha value is -1.77. The second-order valence-corrected chi connectivity index (χ2v) is 4.50. The first-order chi connectivity index (χ1) is 9.24. The fourth-order valence-corrected chi connectivity index (χ4v) is 2.23. The Morgan fingerprint density at radius 1 is 1.05 bits per heavy atom. The quantitative estimate of drug-likeness (QED) is 0.811. The molecule has 0 bridgehead atoms. The molecule has 0 atom stereocenters. The van der Waals surface area contributed by atoms with Gasteiger partial charge in [0.25, 0.3) is 0 Å². The molecule has 0 aliphatic heterocycles. The zero-order chi connectivity index (χ0) is 13.7. The van der Waals surface area contributed by atoms with Crippen molar-refractivity contribution >= 4 is 11.4 Å². The molecule has 0 amide bonds. The van der Waals surface area contributed by atoms with Crippen molar-refractivity contribution in [2.75, 3.05) is 13.2 Å². The van der Waals surface area contributed by atoms with Crippen molar-refractivity contribution in [1.82, 2.24) is 0 Å². The fraction of sp³-hybridized carbons (Fsp3) is 0.438. The maximum absolute atomic E-state index is 11.3. The molecule has 1 aromatic rings. The van der Waals surface area contributed by atoms with Crippen molar-refractivity contribution < 1.29 is 14.3 Å². The monoisotopic (exact) mass is 260 g/mol. The summed E-state index contributed by atoms with van der Waals surface area (Å²) < 4.78 is 11.2. The van der Waals surface area contributed by atoms with Crippen molar-refractivity contribution in [3.63, 3.8) is 0 Å². The maximum Gasteiger partial charge on any atom is 0.161 e. The number of carbonyl (C=O) groups is 1. The Kier molecular flexibility index (Phi) is 4.61. The Balaban J connectivity index is 2.27. The molecule has 0 saturated heterocycles. The molecule has 1 aliphatic rings. The number of hydrogen-bond donors (Lipinski definition) is 0. The van der Waals surface area contributed by atoms with Crippen LogP contribution in [0.2, 0.25) is 0 Å². The third-order valence-corrected chi connectivity index (χ3v) is 3.16. The van der Waals surface area contributed by atoms with E-state index in [2.05, 4.69) is 0 Å². The van der Waals surface area contributed by atoms with Crippen molar-refractivity contribution in [3.8, 4) is 11.5 Å². The second-order valence-electron chi connectivity index (χ2n) is 4.50. The number of hydrogen-bond acceptors (Lipinski definition) is 3. The first-order valence-corrected chi connectivity index (χ1v) is 6.85. The molecule has 0 saturated carbocycles. The van der Waals surface area contributed by atoms with Crippen LogP contribution in [0.15, 0.2) is 24.3 Å². The molecule has 19 heavy (non-hydrogen) atoms. The number of rotatable bonds is 5. The van der Waals surface area contributed by atoms with Crippen LogP contribution in [-0.4, -0.2) is 19.0 Å². The molecule has 1 aliphatic carbocycles. The Labute approximate surface area is 114 Å². The van der Waals surface area contributed by atoms with Crippen molar-refractivity contribution in [1.29, 1.82) is 0 Å². The lowest BCUT2D eigenvalue weighted by molar-refractivity contribution is -0.118. The Morgan fingerprint density at radius 3 is 2.42 bits per heavy atom. The number of carbonyl (C=O) groups excluding carboxylic acids is 1. The van der Waals surface area contributed by atoms with Gasteiger partial charge >= 0.3 is 0 Å². The van der Waals surface area contributed by atoms with E-state index in [1.807, 2.05) is 38.1 Å². The van der Waals surface area contributed by atoms with Crippen molar-refractivity contribution in [2.45, 2.75) is 33.1 Å². The predicted molar refractivity (Wildman–Crippen MR) is 75.6 cm³/mol. The van der Waals surface area contributed by atoms with Crippen LogP contribution in [0.4, 0.5) is 0 Å². The van der Waals surface area contributed by atoms with E-state index in [0.717, 1.165) is 23.5 Å². The Morgan fingerprint density at radius 2 is 1.79 bits per heavy atom. The van der Waals surface area contributed by atoms with E-state index in [-0.39, 0.29) is 0 Å². The van der Waals surface area contributed by atoms with Gasteiger partial charge in [-0.2, -0.15) is 0 Å². The van der Waals surface area contributed by atoms with Gasteiger partial charge in [-0.15, -0.1) is 0 Å². The molecular weight excluding hydrogens is 240 g/mol. The van der Waals surface area contributed by atoms with E-state index in [0.29, 0.717) is 31.8 Å². The van der Waals surface area contributed by atoms with E-state index in [9.17, 15) is 4.79 Å². The van der Waals surface area contributed by atoms with E-state index >= 15 is 0 Å². The average molecular weight is 260 g/mol. The highest BCUT2D eigenvalue weighted by Crippen LogP contribution is 2.33. The molecule has 102 valence electrons. The summed E-state index contributed by atoms with van der Waals surface area (Å²) in [5, 5.41) is 0. The zero-order valence-electron chi connectivity index (χ0n) is 11.6. The minimum Gasteiger partial charge on any atom is -0.490 e. The number of ketones is 1.